The Balaban J connectivity index is 1.88. The zero-order valence-electron chi connectivity index (χ0n) is 13.8. The van der Waals surface area contributed by atoms with E-state index >= 15 is 0 Å². The average Bonchev–Trinajstić information content (AvgIpc) is 3.23. The van der Waals surface area contributed by atoms with Gasteiger partial charge in [0.05, 0.1) is 10.6 Å². The molecule has 1 amide bonds. The quantitative estimate of drug-likeness (QED) is 0.860. The number of rotatable bonds is 5. The fraction of sp³-hybridized carbons (Fsp3) is 0.375. The van der Waals surface area contributed by atoms with Crippen molar-refractivity contribution in [1.82, 2.24) is 14.5 Å². The Morgan fingerprint density at radius 2 is 1.96 bits per heavy atom. The van der Waals surface area contributed by atoms with Gasteiger partial charge in [-0.2, -0.15) is 5.10 Å². The Bertz CT molecular complexity index is 898. The molecule has 3 rings (SSSR count). The fourth-order valence-electron chi connectivity index (χ4n) is 2.41. The highest BCUT2D eigenvalue weighted by molar-refractivity contribution is 7.89. The smallest absolute Gasteiger partial charge is 0.257 e. The number of nitrogens with zero attached hydrogens (tertiary/aromatic N) is 2. The first-order valence-electron chi connectivity index (χ1n) is 7.71. The lowest BCUT2D eigenvalue weighted by Crippen LogP contribution is -2.26. The number of sulfonamides is 1. The zero-order chi connectivity index (χ0) is 17.5. The lowest BCUT2D eigenvalue weighted by Gasteiger charge is -2.11. The van der Waals surface area contributed by atoms with Gasteiger partial charge >= 0.3 is 0 Å². The van der Waals surface area contributed by atoms with E-state index in [-0.39, 0.29) is 16.8 Å². The minimum atomic E-state index is -3.59. The maximum atomic E-state index is 12.5. The van der Waals surface area contributed by atoms with Crippen molar-refractivity contribution in [3.63, 3.8) is 0 Å². The second-order valence-electron chi connectivity index (χ2n) is 6.12. The molecule has 128 valence electrons. The minimum absolute atomic E-state index is 0.0194. The molecule has 1 aromatic heterocycles. The topological polar surface area (TPSA) is 93.1 Å². The Kier molecular flexibility index (Phi) is 4.18. The van der Waals surface area contributed by atoms with Crippen molar-refractivity contribution in [3.05, 3.63) is 41.1 Å². The number of hydrogen-bond acceptors (Lipinski definition) is 4. The van der Waals surface area contributed by atoms with Crippen LogP contribution >= 0.6 is 0 Å². The van der Waals surface area contributed by atoms with Gasteiger partial charge in [0.2, 0.25) is 10.0 Å². The molecule has 0 spiro atoms. The monoisotopic (exact) mass is 348 g/mol. The van der Waals surface area contributed by atoms with Gasteiger partial charge in [-0.15, -0.1) is 0 Å². The van der Waals surface area contributed by atoms with E-state index in [4.69, 9.17) is 0 Å². The molecule has 2 aromatic rings. The molecule has 2 N–H and O–H groups in total. The molecule has 7 nitrogen and oxygen atoms in total. The van der Waals surface area contributed by atoms with Gasteiger partial charge < -0.3 is 5.32 Å². The van der Waals surface area contributed by atoms with Crippen LogP contribution < -0.4 is 10.0 Å². The maximum absolute atomic E-state index is 12.5. The van der Waals surface area contributed by atoms with Gasteiger partial charge in [0.1, 0.15) is 5.82 Å². The van der Waals surface area contributed by atoms with Crippen LogP contribution in [0, 0.1) is 13.8 Å². The Morgan fingerprint density at radius 3 is 2.54 bits per heavy atom. The van der Waals surface area contributed by atoms with Crippen molar-refractivity contribution in [1.29, 1.82) is 0 Å². The number of aryl methyl sites for hydroxylation is 3. The van der Waals surface area contributed by atoms with Crippen LogP contribution in [0.1, 0.15) is 34.5 Å². The third kappa shape index (κ3) is 3.49. The zero-order valence-corrected chi connectivity index (χ0v) is 14.6. The van der Waals surface area contributed by atoms with Crippen LogP contribution in [-0.2, 0) is 17.1 Å². The summed E-state index contributed by atoms with van der Waals surface area (Å²) in [5.41, 5.74) is 1.82. The Labute approximate surface area is 141 Å². The highest BCUT2D eigenvalue weighted by atomic mass is 32.2. The van der Waals surface area contributed by atoms with E-state index in [1.54, 1.807) is 30.8 Å². The van der Waals surface area contributed by atoms with Gasteiger partial charge in [0.15, 0.2) is 0 Å². The molecule has 0 atom stereocenters. The van der Waals surface area contributed by atoms with Gasteiger partial charge in [0, 0.05) is 24.7 Å². The van der Waals surface area contributed by atoms with Crippen LogP contribution in [0.3, 0.4) is 0 Å². The molecule has 0 aliphatic heterocycles. The molecule has 0 bridgehead atoms. The summed E-state index contributed by atoms with van der Waals surface area (Å²) in [6.07, 6.45) is 1.72. The summed E-state index contributed by atoms with van der Waals surface area (Å²) in [5, 5.41) is 6.94. The molecular weight excluding hydrogens is 328 g/mol. The molecule has 8 heteroatoms. The largest absolute Gasteiger partial charge is 0.307 e. The van der Waals surface area contributed by atoms with E-state index < -0.39 is 10.0 Å². The minimum Gasteiger partial charge on any atom is -0.307 e. The number of amides is 1. The number of hydrogen-bond donors (Lipinski definition) is 2. The van der Waals surface area contributed by atoms with E-state index in [1.807, 2.05) is 6.92 Å². The van der Waals surface area contributed by atoms with E-state index in [0.717, 1.165) is 18.5 Å². The molecule has 0 unspecified atom stereocenters. The Hall–Kier alpha value is -2.19. The summed E-state index contributed by atoms with van der Waals surface area (Å²) in [5.74, 6) is 0.195. The van der Waals surface area contributed by atoms with Crippen molar-refractivity contribution in [3.8, 4) is 0 Å². The van der Waals surface area contributed by atoms with Crippen LogP contribution in [0.5, 0.6) is 0 Å². The maximum Gasteiger partial charge on any atom is 0.257 e. The van der Waals surface area contributed by atoms with Crippen LogP contribution in [0.2, 0.25) is 0 Å². The third-order valence-electron chi connectivity index (χ3n) is 3.91. The predicted octanol–water partition coefficient (Wildman–Crippen LogP) is 1.73. The molecule has 0 saturated heterocycles. The first-order chi connectivity index (χ1) is 11.3. The predicted molar refractivity (Wildman–Crippen MR) is 90.4 cm³/mol. The van der Waals surface area contributed by atoms with E-state index in [2.05, 4.69) is 15.1 Å². The number of carbonyl (C=O) groups excluding carboxylic acids is 1. The molecule has 1 aromatic carbocycles. The van der Waals surface area contributed by atoms with Crippen molar-refractivity contribution in [2.75, 3.05) is 5.32 Å². The summed E-state index contributed by atoms with van der Waals surface area (Å²) in [6, 6.07) is 6.35. The van der Waals surface area contributed by atoms with Crippen molar-refractivity contribution in [2.45, 2.75) is 37.6 Å². The molecule has 0 radical (unpaired) electrons. The number of benzene rings is 1. The van der Waals surface area contributed by atoms with Gasteiger partial charge in [-0.05, 0) is 44.4 Å². The summed E-state index contributed by atoms with van der Waals surface area (Å²) in [6.45, 7) is 3.60. The molecule has 1 fully saturated rings. The highest BCUT2D eigenvalue weighted by Gasteiger charge is 2.28. The number of aromatic nitrogens is 2. The first kappa shape index (κ1) is 16.7. The number of anilines is 1. The number of carbonyl (C=O) groups is 1. The molecule has 1 aliphatic carbocycles. The first-order valence-corrected chi connectivity index (χ1v) is 9.19. The Morgan fingerprint density at radius 1 is 1.25 bits per heavy atom. The number of nitrogens with one attached hydrogen (secondary N) is 2. The van der Waals surface area contributed by atoms with Gasteiger partial charge in [-0.25, -0.2) is 13.1 Å². The SMILES string of the molecule is Cc1cc(NC(=O)c2cc(S(=O)(=O)NC3CC3)ccc2C)n(C)n1. The fourth-order valence-corrected chi connectivity index (χ4v) is 3.74. The van der Waals surface area contributed by atoms with Gasteiger partial charge in [0.25, 0.3) is 5.91 Å². The van der Waals surface area contributed by atoms with Crippen LogP contribution in [0.4, 0.5) is 5.82 Å². The normalized spacial score (nSPS) is 14.6. The molecule has 24 heavy (non-hydrogen) atoms. The standard InChI is InChI=1S/C16H20N4O3S/c1-10-4-7-13(24(22,23)19-12-5-6-12)9-14(10)16(21)17-15-8-11(2)18-20(15)3/h4,7-9,12,19H,5-6H2,1-3H3,(H,17,21). The lowest BCUT2D eigenvalue weighted by molar-refractivity contribution is 0.102. The average molecular weight is 348 g/mol. The van der Waals surface area contributed by atoms with Crippen molar-refractivity contribution < 1.29 is 13.2 Å². The van der Waals surface area contributed by atoms with Crippen LogP contribution in [0.15, 0.2) is 29.2 Å². The third-order valence-corrected chi connectivity index (χ3v) is 5.42. The summed E-state index contributed by atoms with van der Waals surface area (Å²) in [4.78, 5) is 12.6. The molecule has 1 saturated carbocycles. The van der Waals surface area contributed by atoms with Crippen molar-refractivity contribution in [2.24, 2.45) is 7.05 Å². The van der Waals surface area contributed by atoms with Gasteiger partial charge in [-0.1, -0.05) is 6.07 Å². The highest BCUT2D eigenvalue weighted by Crippen LogP contribution is 2.23. The lowest BCUT2D eigenvalue weighted by atomic mass is 10.1. The molecule has 1 aliphatic rings. The van der Waals surface area contributed by atoms with E-state index in [1.165, 1.54) is 12.1 Å². The molecular formula is C16H20N4O3S. The molecule has 1 heterocycles. The van der Waals surface area contributed by atoms with Gasteiger partial charge in [-0.3, -0.25) is 9.48 Å². The van der Waals surface area contributed by atoms with E-state index in [0.29, 0.717) is 16.9 Å². The van der Waals surface area contributed by atoms with Crippen LogP contribution in [-0.4, -0.2) is 30.1 Å². The second kappa shape index (κ2) is 6.03. The summed E-state index contributed by atoms with van der Waals surface area (Å²) >= 11 is 0. The second-order valence-corrected chi connectivity index (χ2v) is 7.83. The van der Waals surface area contributed by atoms with E-state index in [9.17, 15) is 13.2 Å². The summed E-state index contributed by atoms with van der Waals surface area (Å²) < 4.78 is 28.8. The summed E-state index contributed by atoms with van der Waals surface area (Å²) in [7, 11) is -1.86. The van der Waals surface area contributed by atoms with Crippen LogP contribution in [0.25, 0.3) is 0 Å². The van der Waals surface area contributed by atoms with Crippen molar-refractivity contribution >= 4 is 21.7 Å².